The number of amides is 1. The number of hydrogen-bond acceptors (Lipinski definition) is 4. The lowest BCUT2D eigenvalue weighted by Gasteiger charge is -2.08. The fraction of sp³-hybridized carbons (Fsp3) is 0.174. The highest BCUT2D eigenvalue weighted by Crippen LogP contribution is 2.21. The molecule has 4 aromatic rings. The van der Waals surface area contributed by atoms with Crippen LogP contribution < -0.4 is 10.1 Å². The molecule has 164 valence electrons. The molecule has 0 aliphatic rings. The van der Waals surface area contributed by atoms with Crippen molar-refractivity contribution in [3.63, 3.8) is 0 Å². The molecule has 0 bridgehead atoms. The van der Waals surface area contributed by atoms with E-state index in [0.717, 1.165) is 17.0 Å². The Labute approximate surface area is 189 Å². The lowest BCUT2D eigenvalue weighted by molar-refractivity contribution is 0.102. The van der Waals surface area contributed by atoms with Crippen molar-refractivity contribution in [3.8, 4) is 5.75 Å². The second-order valence-electron chi connectivity index (χ2n) is 7.33. The highest BCUT2D eigenvalue weighted by atomic mass is 35.5. The molecule has 4 rings (SSSR count). The van der Waals surface area contributed by atoms with Gasteiger partial charge in [0.1, 0.15) is 11.6 Å². The van der Waals surface area contributed by atoms with Gasteiger partial charge in [0.25, 0.3) is 5.91 Å². The van der Waals surface area contributed by atoms with Crippen molar-refractivity contribution in [1.29, 1.82) is 0 Å². The van der Waals surface area contributed by atoms with Gasteiger partial charge in [-0.3, -0.25) is 9.48 Å². The molecule has 1 amide bonds. The van der Waals surface area contributed by atoms with Gasteiger partial charge in [0, 0.05) is 23.6 Å². The van der Waals surface area contributed by atoms with Gasteiger partial charge in [-0.2, -0.15) is 10.2 Å². The first kappa shape index (κ1) is 21.6. The monoisotopic (exact) mass is 453 g/mol. The first-order chi connectivity index (χ1) is 15.4. The summed E-state index contributed by atoms with van der Waals surface area (Å²) in [5.41, 5.74) is 3.98. The molecule has 2 aromatic heterocycles. The average Bonchev–Trinajstić information content (AvgIpc) is 3.35. The van der Waals surface area contributed by atoms with E-state index in [9.17, 15) is 9.18 Å². The Bertz CT molecular complexity index is 1270. The van der Waals surface area contributed by atoms with Gasteiger partial charge in [0.15, 0.2) is 12.4 Å². The van der Waals surface area contributed by atoms with Gasteiger partial charge in [0.05, 0.1) is 17.3 Å². The predicted molar refractivity (Wildman–Crippen MR) is 119 cm³/mol. The summed E-state index contributed by atoms with van der Waals surface area (Å²) in [7, 11) is 0. The van der Waals surface area contributed by atoms with Crippen LogP contribution in [0.2, 0.25) is 5.02 Å². The van der Waals surface area contributed by atoms with Crippen molar-refractivity contribution in [2.45, 2.75) is 27.1 Å². The Morgan fingerprint density at radius 3 is 2.72 bits per heavy atom. The Hall–Kier alpha value is -3.65. The summed E-state index contributed by atoms with van der Waals surface area (Å²) in [5.74, 6) is -0.454. The normalized spacial score (nSPS) is 10.9. The van der Waals surface area contributed by atoms with Crippen LogP contribution in [0.5, 0.6) is 5.75 Å². The maximum atomic E-state index is 13.2. The van der Waals surface area contributed by atoms with Crippen LogP contribution in [0.25, 0.3) is 0 Å². The molecule has 0 unspecified atom stereocenters. The highest BCUT2D eigenvalue weighted by molar-refractivity contribution is 6.30. The summed E-state index contributed by atoms with van der Waals surface area (Å²) >= 11 is 5.75. The van der Waals surface area contributed by atoms with Gasteiger partial charge in [-0.25, -0.2) is 9.07 Å². The van der Waals surface area contributed by atoms with Crippen molar-refractivity contribution in [2.75, 3.05) is 5.32 Å². The van der Waals surface area contributed by atoms with E-state index in [4.69, 9.17) is 16.3 Å². The zero-order chi connectivity index (χ0) is 22.7. The first-order valence-corrected chi connectivity index (χ1v) is 10.3. The summed E-state index contributed by atoms with van der Waals surface area (Å²) in [5, 5.41) is 11.5. The second-order valence-corrected chi connectivity index (χ2v) is 7.74. The Morgan fingerprint density at radius 1 is 1.12 bits per heavy atom. The van der Waals surface area contributed by atoms with Gasteiger partial charge in [0.2, 0.25) is 0 Å². The molecule has 32 heavy (non-hydrogen) atoms. The van der Waals surface area contributed by atoms with E-state index in [1.54, 1.807) is 12.3 Å². The van der Waals surface area contributed by atoms with Crippen LogP contribution in [0, 0.1) is 19.7 Å². The Kier molecular flexibility index (Phi) is 6.23. The van der Waals surface area contributed by atoms with E-state index in [1.807, 2.05) is 48.9 Å². The number of aromatic nitrogens is 4. The van der Waals surface area contributed by atoms with Crippen molar-refractivity contribution in [1.82, 2.24) is 19.6 Å². The summed E-state index contributed by atoms with van der Waals surface area (Å²) in [6.45, 7) is 4.63. The molecule has 0 aliphatic carbocycles. The van der Waals surface area contributed by atoms with E-state index in [0.29, 0.717) is 18.0 Å². The smallest absolute Gasteiger partial charge is 0.276 e. The largest absolute Gasteiger partial charge is 0.471 e. The molecule has 0 fully saturated rings. The molecule has 1 N–H and O–H groups in total. The van der Waals surface area contributed by atoms with Gasteiger partial charge in [-0.15, -0.1) is 0 Å². The van der Waals surface area contributed by atoms with Crippen LogP contribution in [0.4, 0.5) is 10.1 Å². The Morgan fingerprint density at radius 2 is 1.97 bits per heavy atom. The minimum atomic E-state index is -0.518. The molecule has 7 nitrogen and oxygen atoms in total. The zero-order valence-electron chi connectivity index (χ0n) is 17.5. The minimum absolute atomic E-state index is 0.0249. The lowest BCUT2D eigenvalue weighted by Crippen LogP contribution is -2.14. The van der Waals surface area contributed by atoms with Crippen molar-refractivity contribution in [3.05, 3.63) is 94.3 Å². The highest BCUT2D eigenvalue weighted by Gasteiger charge is 2.11. The third-order valence-electron chi connectivity index (χ3n) is 4.75. The van der Waals surface area contributed by atoms with Crippen molar-refractivity contribution in [2.24, 2.45) is 0 Å². The summed E-state index contributed by atoms with van der Waals surface area (Å²) in [6.07, 6.45) is 1.62. The fourth-order valence-electron chi connectivity index (χ4n) is 3.21. The van der Waals surface area contributed by atoms with Crippen LogP contribution in [0.15, 0.2) is 60.8 Å². The van der Waals surface area contributed by atoms with Gasteiger partial charge < -0.3 is 10.1 Å². The fourth-order valence-corrected chi connectivity index (χ4v) is 3.38. The first-order valence-electron chi connectivity index (χ1n) is 9.90. The number of carbonyl (C=O) groups is 1. The molecular weight excluding hydrogens is 433 g/mol. The standard InChI is InChI=1S/C23H21ClFN5O2/c1-15-10-16(2)30(27-15)13-17-4-3-5-18(11-17)26-23(31)22-8-9-29(28-22)14-32-19-6-7-21(25)20(24)12-19/h3-12H,13-14H2,1-2H3,(H,26,31). The number of benzene rings is 2. The molecule has 2 aromatic carbocycles. The lowest BCUT2D eigenvalue weighted by atomic mass is 10.2. The maximum absolute atomic E-state index is 13.2. The van der Waals surface area contributed by atoms with E-state index in [-0.39, 0.29) is 23.4 Å². The molecule has 0 saturated heterocycles. The topological polar surface area (TPSA) is 74.0 Å². The molecule has 0 saturated carbocycles. The molecule has 0 radical (unpaired) electrons. The van der Waals surface area contributed by atoms with Gasteiger partial charge in [-0.1, -0.05) is 23.7 Å². The number of aryl methyl sites for hydroxylation is 2. The average molecular weight is 454 g/mol. The number of ether oxygens (including phenoxy) is 1. The van der Waals surface area contributed by atoms with Gasteiger partial charge >= 0.3 is 0 Å². The Balaban J connectivity index is 1.37. The van der Waals surface area contributed by atoms with Crippen LogP contribution in [0.1, 0.15) is 27.4 Å². The minimum Gasteiger partial charge on any atom is -0.471 e. The van der Waals surface area contributed by atoms with Crippen LogP contribution in [-0.2, 0) is 13.3 Å². The molecule has 0 atom stereocenters. The number of rotatable bonds is 7. The second kappa shape index (κ2) is 9.23. The van der Waals surface area contributed by atoms with E-state index in [1.165, 1.54) is 22.9 Å². The number of hydrogen-bond donors (Lipinski definition) is 1. The zero-order valence-corrected chi connectivity index (χ0v) is 18.3. The number of nitrogens with zero attached hydrogens (tertiary/aromatic N) is 4. The summed E-state index contributed by atoms with van der Waals surface area (Å²) < 4.78 is 22.2. The molecule has 0 spiro atoms. The van der Waals surface area contributed by atoms with Crippen molar-refractivity contribution >= 4 is 23.2 Å². The third-order valence-corrected chi connectivity index (χ3v) is 5.04. The molecule has 2 heterocycles. The van der Waals surface area contributed by atoms with Crippen LogP contribution in [-0.4, -0.2) is 25.5 Å². The van der Waals surface area contributed by atoms with E-state index in [2.05, 4.69) is 15.5 Å². The SMILES string of the molecule is Cc1cc(C)n(Cc2cccc(NC(=O)c3ccn(COc4ccc(F)c(Cl)c4)n3)c2)n1. The summed E-state index contributed by atoms with van der Waals surface area (Å²) in [6, 6.07) is 15.3. The van der Waals surface area contributed by atoms with Crippen LogP contribution in [0.3, 0.4) is 0 Å². The van der Waals surface area contributed by atoms with Crippen LogP contribution >= 0.6 is 11.6 Å². The number of carbonyl (C=O) groups excluding carboxylic acids is 1. The quantitative estimate of drug-likeness (QED) is 0.435. The molecule has 0 aliphatic heterocycles. The number of nitrogens with one attached hydrogen (secondary N) is 1. The van der Waals surface area contributed by atoms with Crippen molar-refractivity contribution < 1.29 is 13.9 Å². The third kappa shape index (κ3) is 5.15. The number of halogens is 2. The van der Waals surface area contributed by atoms with E-state index < -0.39 is 5.82 Å². The maximum Gasteiger partial charge on any atom is 0.276 e. The summed E-state index contributed by atoms with van der Waals surface area (Å²) in [4.78, 5) is 12.6. The van der Waals surface area contributed by atoms with E-state index >= 15 is 0 Å². The molecular formula is C23H21ClFN5O2. The van der Waals surface area contributed by atoms with Gasteiger partial charge in [-0.05, 0) is 55.8 Å². The number of anilines is 1. The molecule has 9 heteroatoms. The predicted octanol–water partition coefficient (Wildman–Crippen LogP) is 4.83.